The van der Waals surface area contributed by atoms with Gasteiger partial charge in [0.2, 0.25) is 0 Å². The number of amides is 1. The third-order valence-electron chi connectivity index (χ3n) is 5.30. The van der Waals surface area contributed by atoms with Crippen molar-refractivity contribution < 1.29 is 14.1 Å². The zero-order valence-electron chi connectivity index (χ0n) is 18.1. The van der Waals surface area contributed by atoms with Crippen LogP contribution in [0, 0.1) is 20.8 Å². The fourth-order valence-corrected chi connectivity index (χ4v) is 3.46. The molecule has 32 heavy (non-hydrogen) atoms. The van der Waals surface area contributed by atoms with E-state index in [-0.39, 0.29) is 12.3 Å². The first-order chi connectivity index (χ1) is 15.4. The average molecular weight is 451 g/mol. The van der Waals surface area contributed by atoms with E-state index in [0.717, 1.165) is 22.4 Å². The topological polar surface area (TPSA) is 82.2 Å². The van der Waals surface area contributed by atoms with Gasteiger partial charge in [0.15, 0.2) is 11.5 Å². The first kappa shape index (κ1) is 21.6. The van der Waals surface area contributed by atoms with Crippen LogP contribution in [-0.4, -0.2) is 20.8 Å². The molecule has 1 amide bonds. The molecule has 0 aliphatic carbocycles. The number of carbonyl (C=O) groups excluding carboxylic acids is 1. The number of anilines is 1. The summed E-state index contributed by atoms with van der Waals surface area (Å²) in [6.07, 6.45) is 1.78. The molecule has 8 heteroatoms. The number of aromatic nitrogens is 3. The summed E-state index contributed by atoms with van der Waals surface area (Å²) in [7, 11) is 0. The maximum Gasteiger partial charge on any atom is 0.279 e. The molecule has 1 N–H and O–H groups in total. The molecule has 2 aromatic heterocycles. The van der Waals surface area contributed by atoms with Gasteiger partial charge < -0.3 is 14.6 Å². The highest BCUT2D eigenvalue weighted by molar-refractivity contribution is 6.31. The number of ether oxygens (including phenoxy) is 1. The van der Waals surface area contributed by atoms with Crippen molar-refractivity contribution in [1.29, 1.82) is 0 Å². The van der Waals surface area contributed by atoms with Crippen LogP contribution < -0.4 is 10.1 Å². The van der Waals surface area contributed by atoms with E-state index in [1.54, 1.807) is 23.9 Å². The van der Waals surface area contributed by atoms with E-state index in [0.29, 0.717) is 28.7 Å². The molecule has 164 valence electrons. The number of hydrogen-bond acceptors (Lipinski definition) is 5. The van der Waals surface area contributed by atoms with Crippen LogP contribution in [0.25, 0.3) is 0 Å². The quantitative estimate of drug-likeness (QED) is 0.411. The first-order valence-corrected chi connectivity index (χ1v) is 10.5. The molecule has 0 aliphatic rings. The summed E-state index contributed by atoms with van der Waals surface area (Å²) in [5.74, 6) is 1.29. The molecule has 0 spiro atoms. The Morgan fingerprint density at radius 1 is 1.12 bits per heavy atom. The van der Waals surface area contributed by atoms with E-state index in [4.69, 9.17) is 20.9 Å². The molecule has 4 rings (SSSR count). The fourth-order valence-electron chi connectivity index (χ4n) is 3.26. The number of benzene rings is 2. The van der Waals surface area contributed by atoms with Crippen LogP contribution in [0.15, 0.2) is 59.3 Å². The zero-order chi connectivity index (χ0) is 22.7. The Bertz CT molecular complexity index is 1260. The van der Waals surface area contributed by atoms with Gasteiger partial charge in [-0.2, -0.15) is 5.10 Å². The normalized spacial score (nSPS) is 10.9. The summed E-state index contributed by atoms with van der Waals surface area (Å²) in [6, 6.07) is 15.1. The maximum atomic E-state index is 12.8. The van der Waals surface area contributed by atoms with Crippen molar-refractivity contribution >= 4 is 23.3 Å². The molecule has 0 bridgehead atoms. The first-order valence-electron chi connectivity index (χ1n) is 10.1. The summed E-state index contributed by atoms with van der Waals surface area (Å²) in [6.45, 7) is 6.44. The number of halogens is 1. The van der Waals surface area contributed by atoms with Crippen LogP contribution in [0.4, 0.5) is 5.82 Å². The van der Waals surface area contributed by atoms with Crippen molar-refractivity contribution in [1.82, 2.24) is 14.9 Å². The van der Waals surface area contributed by atoms with Gasteiger partial charge in [-0.1, -0.05) is 47.1 Å². The summed E-state index contributed by atoms with van der Waals surface area (Å²) in [4.78, 5) is 12.8. The largest absolute Gasteiger partial charge is 0.488 e. The van der Waals surface area contributed by atoms with Crippen molar-refractivity contribution in [2.75, 3.05) is 5.32 Å². The predicted molar refractivity (Wildman–Crippen MR) is 122 cm³/mol. The molecule has 0 aliphatic heterocycles. The van der Waals surface area contributed by atoms with Crippen molar-refractivity contribution in [2.45, 2.75) is 33.9 Å². The third-order valence-corrected chi connectivity index (χ3v) is 5.67. The molecule has 2 heterocycles. The predicted octanol–water partition coefficient (Wildman–Crippen LogP) is 5.33. The number of nitrogens with zero attached hydrogens (tertiary/aromatic N) is 3. The highest BCUT2D eigenvalue weighted by Gasteiger charge is 2.21. The summed E-state index contributed by atoms with van der Waals surface area (Å²) >= 11 is 6.22. The molecular formula is C24H23ClN4O3. The monoisotopic (exact) mass is 450 g/mol. The molecular weight excluding hydrogens is 428 g/mol. The Morgan fingerprint density at radius 3 is 2.75 bits per heavy atom. The van der Waals surface area contributed by atoms with Crippen LogP contribution in [0.2, 0.25) is 5.02 Å². The zero-order valence-corrected chi connectivity index (χ0v) is 18.8. The van der Waals surface area contributed by atoms with E-state index in [9.17, 15) is 4.79 Å². The van der Waals surface area contributed by atoms with Gasteiger partial charge in [0.05, 0.1) is 12.1 Å². The van der Waals surface area contributed by atoms with Crippen molar-refractivity contribution in [3.63, 3.8) is 0 Å². The van der Waals surface area contributed by atoms with Gasteiger partial charge in [-0.05, 0) is 49.6 Å². The number of rotatable bonds is 7. The van der Waals surface area contributed by atoms with Gasteiger partial charge in [0.1, 0.15) is 18.1 Å². The molecule has 0 radical (unpaired) electrons. The van der Waals surface area contributed by atoms with Crippen LogP contribution in [0.5, 0.6) is 5.75 Å². The van der Waals surface area contributed by atoms with E-state index >= 15 is 0 Å². The van der Waals surface area contributed by atoms with Crippen molar-refractivity contribution in [3.8, 4) is 5.75 Å². The highest BCUT2D eigenvalue weighted by atomic mass is 35.5. The smallest absolute Gasteiger partial charge is 0.279 e. The minimum absolute atomic E-state index is 0.170. The van der Waals surface area contributed by atoms with E-state index in [1.807, 2.05) is 56.3 Å². The molecule has 0 fully saturated rings. The fraction of sp³-hybridized carbons (Fsp3) is 0.208. The number of aryl methyl sites for hydroxylation is 2. The van der Waals surface area contributed by atoms with Crippen LogP contribution in [0.3, 0.4) is 0 Å². The second-order valence-electron chi connectivity index (χ2n) is 7.50. The van der Waals surface area contributed by atoms with Gasteiger partial charge in [0, 0.05) is 17.3 Å². The highest BCUT2D eigenvalue weighted by Crippen LogP contribution is 2.24. The van der Waals surface area contributed by atoms with Gasteiger partial charge in [-0.3, -0.25) is 9.48 Å². The molecule has 2 aromatic carbocycles. The Kier molecular flexibility index (Phi) is 6.28. The Balaban J connectivity index is 1.45. The van der Waals surface area contributed by atoms with Crippen LogP contribution >= 0.6 is 11.6 Å². The lowest BCUT2D eigenvalue weighted by molar-refractivity contribution is 0.101. The van der Waals surface area contributed by atoms with E-state index in [1.165, 1.54) is 0 Å². The van der Waals surface area contributed by atoms with E-state index < -0.39 is 5.91 Å². The summed E-state index contributed by atoms with van der Waals surface area (Å²) in [5.41, 5.74) is 3.90. The third kappa shape index (κ3) is 4.68. The Morgan fingerprint density at radius 2 is 1.94 bits per heavy atom. The van der Waals surface area contributed by atoms with E-state index in [2.05, 4.69) is 15.6 Å². The second kappa shape index (κ2) is 9.28. The van der Waals surface area contributed by atoms with Gasteiger partial charge in [-0.15, -0.1) is 0 Å². The van der Waals surface area contributed by atoms with Gasteiger partial charge >= 0.3 is 0 Å². The SMILES string of the molecule is Cc1cccc(OCc2c(C(=O)Nc3ccn(Cc4ccccc4Cl)n3)noc2C)c1C. The minimum atomic E-state index is -0.413. The van der Waals surface area contributed by atoms with Crippen molar-refractivity contribution in [2.24, 2.45) is 0 Å². The number of nitrogens with one attached hydrogen (secondary N) is 1. The molecule has 0 saturated carbocycles. The summed E-state index contributed by atoms with van der Waals surface area (Å²) < 4.78 is 12.9. The second-order valence-corrected chi connectivity index (χ2v) is 7.90. The molecule has 4 aromatic rings. The van der Waals surface area contributed by atoms with Crippen LogP contribution in [0.1, 0.15) is 38.5 Å². The van der Waals surface area contributed by atoms with Crippen molar-refractivity contribution in [3.05, 3.63) is 93.5 Å². The average Bonchev–Trinajstić information content (AvgIpc) is 3.37. The molecule has 7 nitrogen and oxygen atoms in total. The maximum absolute atomic E-state index is 12.8. The van der Waals surface area contributed by atoms with Gasteiger partial charge in [0.25, 0.3) is 5.91 Å². The standard InChI is InChI=1S/C24H23ClN4O3/c1-15-7-6-10-21(16(15)2)31-14-19-17(3)32-28-23(19)24(30)26-22-11-12-29(27-22)13-18-8-4-5-9-20(18)25/h4-12H,13-14H2,1-3H3,(H,26,27,30). The lowest BCUT2D eigenvalue weighted by atomic mass is 10.1. The lowest BCUT2D eigenvalue weighted by Gasteiger charge is -2.11. The number of hydrogen-bond donors (Lipinski definition) is 1. The minimum Gasteiger partial charge on any atom is -0.488 e. The molecule has 0 saturated heterocycles. The molecule has 0 unspecified atom stereocenters. The Labute approximate surface area is 190 Å². The number of carbonyl (C=O) groups is 1. The molecule has 0 atom stereocenters. The summed E-state index contributed by atoms with van der Waals surface area (Å²) in [5, 5.41) is 11.8. The Hall–Kier alpha value is -3.58. The van der Waals surface area contributed by atoms with Gasteiger partial charge in [-0.25, -0.2) is 0 Å². The van der Waals surface area contributed by atoms with Crippen LogP contribution in [-0.2, 0) is 13.2 Å². The lowest BCUT2D eigenvalue weighted by Crippen LogP contribution is -2.16.